The molecule has 10 heteroatoms. The van der Waals surface area contributed by atoms with Crippen LogP contribution in [0.5, 0.6) is 0 Å². The maximum Gasteiger partial charge on any atom is 0.417 e. The van der Waals surface area contributed by atoms with E-state index in [9.17, 15) is 22.8 Å². The van der Waals surface area contributed by atoms with E-state index in [-0.39, 0.29) is 17.4 Å². The fraction of sp³-hybridized carbons (Fsp3) is 0.500. The molecule has 36 heavy (non-hydrogen) atoms. The fourth-order valence-corrected chi connectivity index (χ4v) is 5.25. The second-order valence-corrected chi connectivity index (χ2v) is 9.82. The van der Waals surface area contributed by atoms with Gasteiger partial charge >= 0.3 is 6.18 Å². The van der Waals surface area contributed by atoms with Gasteiger partial charge in [0.15, 0.2) is 0 Å². The van der Waals surface area contributed by atoms with Crippen LogP contribution in [0.4, 0.5) is 18.9 Å². The summed E-state index contributed by atoms with van der Waals surface area (Å²) in [6.45, 7) is 8.16. The maximum absolute atomic E-state index is 13.8. The number of hydrogen-bond acceptors (Lipinski definition) is 4. The van der Waals surface area contributed by atoms with Crippen molar-refractivity contribution in [2.24, 2.45) is 5.92 Å². The minimum absolute atomic E-state index is 0.0378. The van der Waals surface area contributed by atoms with Gasteiger partial charge in [-0.3, -0.25) is 9.59 Å². The number of alkyl halides is 3. The first-order chi connectivity index (χ1) is 17.0. The van der Waals surface area contributed by atoms with Crippen molar-refractivity contribution in [1.29, 1.82) is 0 Å². The summed E-state index contributed by atoms with van der Waals surface area (Å²) in [4.78, 5) is 35.0. The molecule has 2 aromatic rings. The molecule has 0 bridgehead atoms. The van der Waals surface area contributed by atoms with Gasteiger partial charge < -0.3 is 14.7 Å². The van der Waals surface area contributed by atoms with Crippen molar-refractivity contribution in [2.75, 3.05) is 37.6 Å². The summed E-state index contributed by atoms with van der Waals surface area (Å²) in [5.74, 6) is -0.521. The van der Waals surface area contributed by atoms with E-state index in [1.807, 2.05) is 16.7 Å². The average Bonchev–Trinajstić information content (AvgIpc) is 2.80. The molecule has 3 heterocycles. The van der Waals surface area contributed by atoms with Crippen molar-refractivity contribution in [3.63, 3.8) is 0 Å². The monoisotopic (exact) mass is 522 g/mol. The van der Waals surface area contributed by atoms with E-state index in [0.29, 0.717) is 63.0 Å². The molecule has 2 aliphatic heterocycles. The number of aryl methyl sites for hydroxylation is 1. The zero-order valence-electron chi connectivity index (χ0n) is 20.7. The number of pyridine rings is 1. The number of carbonyl (C=O) groups excluding carboxylic acids is 2. The van der Waals surface area contributed by atoms with E-state index in [4.69, 9.17) is 11.6 Å². The molecule has 1 aromatic carbocycles. The lowest BCUT2D eigenvalue weighted by molar-refractivity contribution is -0.138. The van der Waals surface area contributed by atoms with E-state index >= 15 is 0 Å². The highest BCUT2D eigenvalue weighted by Gasteiger charge is 2.38. The van der Waals surface area contributed by atoms with Crippen LogP contribution in [0.15, 0.2) is 24.3 Å². The molecule has 0 atom stereocenters. The predicted octanol–water partition coefficient (Wildman–Crippen LogP) is 4.96. The van der Waals surface area contributed by atoms with Gasteiger partial charge in [-0.2, -0.15) is 13.2 Å². The third-order valence-electron chi connectivity index (χ3n) is 7.10. The van der Waals surface area contributed by atoms with Gasteiger partial charge in [0.1, 0.15) is 5.15 Å². The summed E-state index contributed by atoms with van der Waals surface area (Å²) < 4.78 is 41.4. The molecular formula is C26H30ClF3N4O2. The van der Waals surface area contributed by atoms with E-state index in [1.54, 1.807) is 26.0 Å². The lowest BCUT2D eigenvalue weighted by atomic mass is 9.93. The number of carbonyl (C=O) groups is 2. The first-order valence-corrected chi connectivity index (χ1v) is 12.6. The Morgan fingerprint density at radius 1 is 1.17 bits per heavy atom. The molecule has 0 unspecified atom stereocenters. The van der Waals surface area contributed by atoms with Crippen LogP contribution in [0, 0.1) is 12.8 Å². The largest absolute Gasteiger partial charge is 0.417 e. The molecule has 0 radical (unpaired) electrons. The number of aromatic nitrogens is 1. The van der Waals surface area contributed by atoms with Crippen LogP contribution in [-0.2, 0) is 23.9 Å². The summed E-state index contributed by atoms with van der Waals surface area (Å²) in [5.41, 5.74) is 2.13. The minimum atomic E-state index is -4.64. The van der Waals surface area contributed by atoms with Crippen molar-refractivity contribution < 1.29 is 22.8 Å². The Kier molecular flexibility index (Phi) is 7.50. The van der Waals surface area contributed by atoms with Gasteiger partial charge in [-0.1, -0.05) is 11.6 Å². The Labute approximate surface area is 214 Å². The summed E-state index contributed by atoms with van der Waals surface area (Å²) in [7, 11) is 0. The van der Waals surface area contributed by atoms with Crippen molar-refractivity contribution in [1.82, 2.24) is 14.8 Å². The molecule has 6 nitrogen and oxygen atoms in total. The minimum Gasteiger partial charge on any atom is -0.371 e. The van der Waals surface area contributed by atoms with Crippen LogP contribution in [0.2, 0.25) is 5.15 Å². The highest BCUT2D eigenvalue weighted by atomic mass is 35.5. The lowest BCUT2D eigenvalue weighted by Crippen LogP contribution is -2.49. The Balaban J connectivity index is 1.40. The Bertz CT molecular complexity index is 1160. The van der Waals surface area contributed by atoms with Crippen LogP contribution in [0.25, 0.3) is 0 Å². The van der Waals surface area contributed by atoms with Gasteiger partial charge in [0, 0.05) is 69.4 Å². The van der Waals surface area contributed by atoms with Gasteiger partial charge in [0.05, 0.1) is 11.1 Å². The van der Waals surface area contributed by atoms with Crippen LogP contribution in [0.1, 0.15) is 53.0 Å². The van der Waals surface area contributed by atoms with Gasteiger partial charge in [0.2, 0.25) is 5.91 Å². The van der Waals surface area contributed by atoms with Crippen molar-refractivity contribution in [3.8, 4) is 0 Å². The van der Waals surface area contributed by atoms with E-state index in [0.717, 1.165) is 22.9 Å². The maximum atomic E-state index is 13.8. The summed E-state index contributed by atoms with van der Waals surface area (Å²) in [5, 5.41) is 0.458. The number of anilines is 1. The number of halogens is 4. The molecule has 4 rings (SSSR count). The lowest BCUT2D eigenvalue weighted by Gasteiger charge is -2.42. The molecule has 0 saturated carbocycles. The number of rotatable bonds is 6. The molecule has 1 aromatic heterocycles. The van der Waals surface area contributed by atoms with E-state index in [1.165, 1.54) is 11.0 Å². The molecule has 1 fully saturated rings. The van der Waals surface area contributed by atoms with Crippen LogP contribution < -0.4 is 4.90 Å². The van der Waals surface area contributed by atoms with Crippen LogP contribution in [0.3, 0.4) is 0 Å². The standard InChI is InChI=1S/C26H30ClF3N4O2/c1-4-32(5-2)25(36)19-7-6-18(12-21(19)26(28,29)30)34-13-17(14-34)11-24(35)33-9-8-22-20(15-33)16(3)10-23(27)31-22/h6-7,10,12,17H,4-5,8-9,11,13-15H2,1-3H3. The SMILES string of the molecule is CCN(CC)C(=O)c1ccc(N2CC(CC(=O)N3CCc4nc(Cl)cc(C)c4C3)C2)cc1C(F)(F)F. The van der Waals surface area contributed by atoms with Gasteiger partial charge in [-0.15, -0.1) is 0 Å². The van der Waals surface area contributed by atoms with Gasteiger partial charge in [-0.25, -0.2) is 4.98 Å². The van der Waals surface area contributed by atoms with Crippen molar-refractivity contribution in [2.45, 2.75) is 46.3 Å². The molecule has 0 N–H and O–H groups in total. The van der Waals surface area contributed by atoms with Crippen LogP contribution >= 0.6 is 11.6 Å². The third-order valence-corrected chi connectivity index (χ3v) is 7.29. The first-order valence-electron chi connectivity index (χ1n) is 12.2. The number of fused-ring (bicyclic) bond motifs is 1. The molecule has 0 aliphatic carbocycles. The third kappa shape index (κ3) is 5.31. The van der Waals surface area contributed by atoms with Gasteiger partial charge in [-0.05, 0) is 56.2 Å². The number of amides is 2. The molecular weight excluding hydrogens is 493 g/mol. The number of benzene rings is 1. The Hall–Kier alpha value is -2.81. The number of nitrogens with zero attached hydrogens (tertiary/aromatic N) is 4. The Morgan fingerprint density at radius 3 is 2.50 bits per heavy atom. The van der Waals surface area contributed by atoms with E-state index < -0.39 is 17.6 Å². The highest BCUT2D eigenvalue weighted by Crippen LogP contribution is 2.37. The number of hydrogen-bond donors (Lipinski definition) is 0. The second kappa shape index (κ2) is 10.3. The molecule has 194 valence electrons. The summed E-state index contributed by atoms with van der Waals surface area (Å²) in [6.07, 6.45) is -3.65. The zero-order chi connectivity index (χ0) is 26.2. The first kappa shape index (κ1) is 26.3. The second-order valence-electron chi connectivity index (χ2n) is 9.43. The molecule has 2 amide bonds. The topological polar surface area (TPSA) is 56.8 Å². The van der Waals surface area contributed by atoms with Crippen LogP contribution in [-0.4, -0.2) is 59.3 Å². The highest BCUT2D eigenvalue weighted by molar-refractivity contribution is 6.29. The smallest absolute Gasteiger partial charge is 0.371 e. The average molecular weight is 523 g/mol. The fourth-order valence-electron chi connectivity index (χ4n) is 4.99. The zero-order valence-corrected chi connectivity index (χ0v) is 21.4. The normalized spacial score (nSPS) is 16.0. The van der Waals surface area contributed by atoms with E-state index in [2.05, 4.69) is 4.98 Å². The summed E-state index contributed by atoms with van der Waals surface area (Å²) >= 11 is 6.05. The summed E-state index contributed by atoms with van der Waals surface area (Å²) in [6, 6.07) is 5.68. The van der Waals surface area contributed by atoms with Crippen molar-refractivity contribution >= 4 is 29.1 Å². The predicted molar refractivity (Wildman–Crippen MR) is 132 cm³/mol. The van der Waals surface area contributed by atoms with Gasteiger partial charge in [0.25, 0.3) is 5.91 Å². The quantitative estimate of drug-likeness (QED) is 0.503. The molecule has 0 spiro atoms. The molecule has 2 aliphatic rings. The Morgan fingerprint density at radius 2 is 1.86 bits per heavy atom. The van der Waals surface area contributed by atoms with Crippen molar-refractivity contribution in [3.05, 3.63) is 57.4 Å². The molecule has 1 saturated heterocycles.